The molecule has 3 rings (SSSR count). The SMILES string of the molecule is C[C@@H]1CCCN1CCc1nnc2cc(Br)ccc2c1Cl. The molecule has 0 amide bonds. The van der Waals surface area contributed by atoms with Crippen LogP contribution in [-0.2, 0) is 6.42 Å². The van der Waals surface area contributed by atoms with Crippen molar-refractivity contribution in [1.82, 2.24) is 15.1 Å². The predicted molar refractivity (Wildman–Crippen MR) is 86.2 cm³/mol. The molecule has 20 heavy (non-hydrogen) atoms. The molecule has 0 unspecified atom stereocenters. The fraction of sp³-hybridized carbons (Fsp3) is 0.467. The molecule has 1 aliphatic rings. The lowest BCUT2D eigenvalue weighted by atomic mass is 10.2. The van der Waals surface area contributed by atoms with E-state index in [0.717, 1.165) is 39.1 Å². The van der Waals surface area contributed by atoms with Crippen LogP contribution in [0.5, 0.6) is 0 Å². The minimum atomic E-state index is 0.679. The predicted octanol–water partition coefficient (Wildman–Crippen LogP) is 4.07. The Bertz CT molecular complexity index is 632. The van der Waals surface area contributed by atoms with Crippen molar-refractivity contribution in [3.63, 3.8) is 0 Å². The maximum Gasteiger partial charge on any atom is 0.0956 e. The van der Waals surface area contributed by atoms with E-state index in [-0.39, 0.29) is 0 Å². The monoisotopic (exact) mass is 353 g/mol. The summed E-state index contributed by atoms with van der Waals surface area (Å²) in [7, 11) is 0. The number of nitrogens with zero attached hydrogens (tertiary/aromatic N) is 3. The van der Waals surface area contributed by atoms with Crippen molar-refractivity contribution in [3.05, 3.63) is 33.4 Å². The summed E-state index contributed by atoms with van der Waals surface area (Å²) in [6, 6.07) is 6.61. The molecule has 0 bridgehead atoms. The summed E-state index contributed by atoms with van der Waals surface area (Å²) < 4.78 is 0.994. The third kappa shape index (κ3) is 2.83. The Morgan fingerprint density at radius 2 is 2.25 bits per heavy atom. The first kappa shape index (κ1) is 14.2. The highest BCUT2D eigenvalue weighted by atomic mass is 79.9. The molecule has 0 radical (unpaired) electrons. The fourth-order valence-corrected chi connectivity index (χ4v) is 3.46. The van der Waals surface area contributed by atoms with Crippen molar-refractivity contribution in [2.24, 2.45) is 0 Å². The zero-order valence-corrected chi connectivity index (χ0v) is 13.8. The Morgan fingerprint density at radius 1 is 1.40 bits per heavy atom. The molecule has 3 nitrogen and oxygen atoms in total. The normalized spacial score (nSPS) is 19.9. The van der Waals surface area contributed by atoms with Gasteiger partial charge in [-0.25, -0.2) is 0 Å². The highest BCUT2D eigenvalue weighted by Crippen LogP contribution is 2.27. The number of likely N-dealkylation sites (tertiary alicyclic amines) is 1. The van der Waals surface area contributed by atoms with Gasteiger partial charge in [0.05, 0.1) is 16.2 Å². The summed E-state index contributed by atoms with van der Waals surface area (Å²) >= 11 is 9.92. The lowest BCUT2D eigenvalue weighted by Crippen LogP contribution is -2.29. The molecule has 2 heterocycles. The van der Waals surface area contributed by atoms with E-state index in [1.807, 2.05) is 18.2 Å². The van der Waals surface area contributed by atoms with Gasteiger partial charge in [-0.05, 0) is 38.4 Å². The average Bonchev–Trinajstić information content (AvgIpc) is 2.83. The number of fused-ring (bicyclic) bond motifs is 1. The molecule has 0 N–H and O–H groups in total. The average molecular weight is 355 g/mol. The van der Waals surface area contributed by atoms with Crippen molar-refractivity contribution in [3.8, 4) is 0 Å². The number of hydrogen-bond acceptors (Lipinski definition) is 3. The van der Waals surface area contributed by atoms with Gasteiger partial charge in [0, 0.05) is 28.9 Å². The number of aromatic nitrogens is 2. The lowest BCUT2D eigenvalue weighted by molar-refractivity contribution is 0.271. The molecular formula is C15H17BrClN3. The van der Waals surface area contributed by atoms with Crippen molar-refractivity contribution in [2.75, 3.05) is 13.1 Å². The quantitative estimate of drug-likeness (QED) is 0.832. The van der Waals surface area contributed by atoms with Crippen LogP contribution >= 0.6 is 27.5 Å². The Kier molecular flexibility index (Phi) is 4.24. The Labute approximate surface area is 132 Å². The van der Waals surface area contributed by atoms with E-state index in [1.54, 1.807) is 0 Å². The van der Waals surface area contributed by atoms with E-state index in [9.17, 15) is 0 Å². The van der Waals surface area contributed by atoms with E-state index in [2.05, 4.69) is 38.0 Å². The van der Waals surface area contributed by atoms with E-state index in [0.29, 0.717) is 6.04 Å². The molecule has 1 fully saturated rings. The third-order valence-corrected chi connectivity index (χ3v) is 4.97. The van der Waals surface area contributed by atoms with E-state index in [4.69, 9.17) is 11.6 Å². The van der Waals surface area contributed by atoms with Crippen molar-refractivity contribution in [2.45, 2.75) is 32.2 Å². The number of hydrogen-bond donors (Lipinski definition) is 0. The van der Waals surface area contributed by atoms with Crippen molar-refractivity contribution < 1.29 is 0 Å². The van der Waals surface area contributed by atoms with Gasteiger partial charge in [-0.1, -0.05) is 33.6 Å². The molecule has 1 aromatic heterocycles. The Morgan fingerprint density at radius 3 is 3.00 bits per heavy atom. The molecule has 5 heteroatoms. The molecule has 1 saturated heterocycles. The molecule has 2 aromatic rings. The van der Waals surface area contributed by atoms with E-state index >= 15 is 0 Å². The van der Waals surface area contributed by atoms with Crippen LogP contribution in [0, 0.1) is 0 Å². The molecule has 1 atom stereocenters. The summed E-state index contributed by atoms with van der Waals surface area (Å²) in [4.78, 5) is 2.50. The van der Waals surface area contributed by atoms with Gasteiger partial charge in [-0.3, -0.25) is 0 Å². The number of benzene rings is 1. The van der Waals surface area contributed by atoms with E-state index < -0.39 is 0 Å². The minimum Gasteiger partial charge on any atom is -0.300 e. The van der Waals surface area contributed by atoms with Crippen molar-refractivity contribution in [1.29, 1.82) is 0 Å². The van der Waals surface area contributed by atoms with Crippen LogP contribution in [0.15, 0.2) is 22.7 Å². The molecular weight excluding hydrogens is 338 g/mol. The number of halogens is 2. The Balaban J connectivity index is 1.81. The summed E-state index contributed by atoms with van der Waals surface area (Å²) in [5.41, 5.74) is 1.74. The summed E-state index contributed by atoms with van der Waals surface area (Å²) in [6.45, 7) is 4.49. The zero-order valence-electron chi connectivity index (χ0n) is 11.4. The lowest BCUT2D eigenvalue weighted by Gasteiger charge is -2.20. The van der Waals surface area contributed by atoms with Gasteiger partial charge in [0.2, 0.25) is 0 Å². The van der Waals surface area contributed by atoms with Crippen LogP contribution in [0.3, 0.4) is 0 Å². The maximum absolute atomic E-state index is 6.48. The van der Waals surface area contributed by atoms with Gasteiger partial charge < -0.3 is 4.90 Å². The fourth-order valence-electron chi connectivity index (χ4n) is 2.82. The van der Waals surface area contributed by atoms with Gasteiger partial charge >= 0.3 is 0 Å². The van der Waals surface area contributed by atoms with Gasteiger partial charge in [0.1, 0.15) is 0 Å². The standard InChI is InChI=1S/C15H17BrClN3/c1-10-3-2-7-20(10)8-6-13-15(17)12-5-4-11(16)9-14(12)19-18-13/h4-5,9-10H,2-3,6-8H2,1H3/t10-/m1/s1. The molecule has 0 aliphatic carbocycles. The van der Waals surface area contributed by atoms with Gasteiger partial charge in [0.15, 0.2) is 0 Å². The smallest absolute Gasteiger partial charge is 0.0956 e. The second kappa shape index (κ2) is 5.96. The summed E-state index contributed by atoms with van der Waals surface area (Å²) in [5, 5.41) is 10.3. The topological polar surface area (TPSA) is 29.0 Å². The second-order valence-electron chi connectivity index (χ2n) is 5.40. The molecule has 0 spiro atoms. The van der Waals surface area contributed by atoms with Gasteiger partial charge in [0.25, 0.3) is 0 Å². The highest BCUT2D eigenvalue weighted by molar-refractivity contribution is 9.10. The minimum absolute atomic E-state index is 0.679. The maximum atomic E-state index is 6.48. The zero-order chi connectivity index (χ0) is 14.1. The highest BCUT2D eigenvalue weighted by Gasteiger charge is 2.20. The molecule has 0 saturated carbocycles. The van der Waals surface area contributed by atoms with Crippen LogP contribution < -0.4 is 0 Å². The first-order valence-electron chi connectivity index (χ1n) is 6.99. The van der Waals surface area contributed by atoms with Crippen LogP contribution in [0.2, 0.25) is 5.02 Å². The van der Waals surface area contributed by atoms with Gasteiger partial charge in [-0.15, -0.1) is 0 Å². The largest absolute Gasteiger partial charge is 0.300 e. The van der Waals surface area contributed by atoms with Crippen LogP contribution in [0.1, 0.15) is 25.5 Å². The van der Waals surface area contributed by atoms with Crippen molar-refractivity contribution >= 4 is 38.4 Å². The first-order valence-corrected chi connectivity index (χ1v) is 8.16. The van der Waals surface area contributed by atoms with Crippen LogP contribution in [-0.4, -0.2) is 34.2 Å². The third-order valence-electron chi connectivity index (χ3n) is 4.05. The van der Waals surface area contributed by atoms with Gasteiger partial charge in [-0.2, -0.15) is 10.2 Å². The first-order chi connectivity index (χ1) is 9.65. The summed E-state index contributed by atoms with van der Waals surface area (Å²) in [5.74, 6) is 0. The van der Waals surface area contributed by atoms with Crippen LogP contribution in [0.4, 0.5) is 0 Å². The Hall–Kier alpha value is -0.710. The molecule has 1 aromatic carbocycles. The van der Waals surface area contributed by atoms with E-state index in [1.165, 1.54) is 19.4 Å². The second-order valence-corrected chi connectivity index (χ2v) is 6.69. The molecule has 1 aliphatic heterocycles. The molecule has 106 valence electrons. The summed E-state index contributed by atoms with van der Waals surface area (Å²) in [6.07, 6.45) is 3.46. The number of rotatable bonds is 3. The van der Waals surface area contributed by atoms with Crippen LogP contribution in [0.25, 0.3) is 10.9 Å².